The largest absolute Gasteiger partial charge is 0.441 e. The predicted octanol–water partition coefficient (Wildman–Crippen LogP) is 1.75. The molecule has 2 rings (SSSR count). The molecule has 0 fully saturated rings. The molecule has 0 bridgehead atoms. The second kappa shape index (κ2) is 4.44. The summed E-state index contributed by atoms with van der Waals surface area (Å²) in [6.45, 7) is -0.0648. The van der Waals surface area contributed by atoms with E-state index in [0.717, 1.165) is 4.68 Å². The molecule has 2 heterocycles. The number of thioether (sulfide) groups is 1. The Bertz CT molecular complexity index is 575. The first-order valence-corrected chi connectivity index (χ1v) is 5.71. The lowest BCUT2D eigenvalue weighted by Crippen LogP contribution is -2.22. The van der Waals surface area contributed by atoms with Crippen molar-refractivity contribution in [1.29, 1.82) is 0 Å². The molecule has 0 N–H and O–H groups in total. The van der Waals surface area contributed by atoms with Gasteiger partial charge in [-0.25, -0.2) is 9.48 Å². The van der Waals surface area contributed by atoms with E-state index < -0.39 is 11.2 Å². The average Bonchev–Trinajstić information content (AvgIpc) is 2.55. The van der Waals surface area contributed by atoms with Gasteiger partial charge in [0, 0.05) is 11.9 Å². The molecule has 0 aromatic carbocycles. The smallest absolute Gasteiger partial charge is 0.250 e. The van der Waals surface area contributed by atoms with Gasteiger partial charge in [0.1, 0.15) is 0 Å². The Kier molecular flexibility index (Phi) is 3.14. The number of aromatic nitrogens is 3. The van der Waals surface area contributed by atoms with Gasteiger partial charge in [-0.05, 0) is 23.9 Å². The van der Waals surface area contributed by atoms with Crippen LogP contribution in [0.4, 0.5) is 13.2 Å². The molecular formula is C9H8F3N3OS. The SMILES string of the molecule is O=c1n(CCSC(F)(F)F)nc2ccccn12. The van der Waals surface area contributed by atoms with Crippen LogP contribution in [0.25, 0.3) is 5.65 Å². The first-order chi connectivity index (χ1) is 7.97. The Morgan fingerprint density at radius 2 is 2.12 bits per heavy atom. The number of alkyl halides is 3. The standard InChI is InChI=1S/C9H8F3N3OS/c10-9(11,12)17-6-5-15-8(16)14-4-2-1-3-7(14)13-15/h1-4H,5-6H2. The zero-order valence-electron chi connectivity index (χ0n) is 8.52. The molecule has 8 heteroatoms. The Morgan fingerprint density at radius 1 is 1.35 bits per heavy atom. The molecule has 17 heavy (non-hydrogen) atoms. The highest BCUT2D eigenvalue weighted by atomic mass is 32.2. The number of halogens is 3. The summed E-state index contributed by atoms with van der Waals surface area (Å²) >= 11 is -0.162. The van der Waals surface area contributed by atoms with Crippen molar-refractivity contribution in [2.75, 3.05) is 5.75 Å². The van der Waals surface area contributed by atoms with Gasteiger partial charge < -0.3 is 0 Å². The fourth-order valence-electron chi connectivity index (χ4n) is 1.36. The molecule has 0 aliphatic carbocycles. The maximum atomic E-state index is 11.9. The lowest BCUT2D eigenvalue weighted by molar-refractivity contribution is -0.0328. The molecule has 0 atom stereocenters. The van der Waals surface area contributed by atoms with E-state index in [1.54, 1.807) is 18.2 Å². The van der Waals surface area contributed by atoms with Gasteiger partial charge in [-0.1, -0.05) is 6.07 Å². The van der Waals surface area contributed by atoms with Crippen LogP contribution < -0.4 is 5.69 Å². The maximum absolute atomic E-state index is 11.9. The number of hydrogen-bond acceptors (Lipinski definition) is 3. The Hall–Kier alpha value is -1.44. The fraction of sp³-hybridized carbons (Fsp3) is 0.333. The molecule has 92 valence electrons. The van der Waals surface area contributed by atoms with Crippen molar-refractivity contribution in [3.8, 4) is 0 Å². The number of fused-ring (bicyclic) bond motifs is 1. The molecule has 0 radical (unpaired) electrons. The van der Waals surface area contributed by atoms with Gasteiger partial charge in [0.2, 0.25) is 0 Å². The van der Waals surface area contributed by atoms with Crippen molar-refractivity contribution < 1.29 is 13.2 Å². The summed E-state index contributed by atoms with van der Waals surface area (Å²) in [5.41, 5.74) is -4.28. The minimum absolute atomic E-state index is 0.0648. The lowest BCUT2D eigenvalue weighted by atomic mass is 10.5. The summed E-state index contributed by atoms with van der Waals surface area (Å²) in [5.74, 6) is -0.229. The predicted molar refractivity (Wildman–Crippen MR) is 58.0 cm³/mol. The summed E-state index contributed by atoms with van der Waals surface area (Å²) in [6.07, 6.45) is 1.53. The monoisotopic (exact) mass is 263 g/mol. The number of nitrogens with zero attached hydrogens (tertiary/aromatic N) is 3. The minimum atomic E-state index is -4.28. The lowest BCUT2D eigenvalue weighted by Gasteiger charge is -2.03. The third-order valence-corrected chi connectivity index (χ3v) is 2.77. The van der Waals surface area contributed by atoms with E-state index in [9.17, 15) is 18.0 Å². The zero-order valence-corrected chi connectivity index (χ0v) is 9.33. The van der Waals surface area contributed by atoms with Gasteiger partial charge in [-0.2, -0.15) is 13.2 Å². The topological polar surface area (TPSA) is 39.3 Å². The summed E-state index contributed by atoms with van der Waals surface area (Å²) in [4.78, 5) is 11.7. The Balaban J connectivity index is 2.14. The molecular weight excluding hydrogens is 255 g/mol. The molecule has 0 saturated heterocycles. The number of pyridine rings is 1. The van der Waals surface area contributed by atoms with E-state index in [1.165, 1.54) is 10.6 Å². The number of hydrogen-bond donors (Lipinski definition) is 0. The number of aryl methyl sites for hydroxylation is 1. The van der Waals surface area contributed by atoms with Gasteiger partial charge in [0.15, 0.2) is 5.65 Å². The molecule has 0 aliphatic rings. The highest BCUT2D eigenvalue weighted by Gasteiger charge is 2.27. The molecule has 0 spiro atoms. The van der Waals surface area contributed by atoms with Gasteiger partial charge in [0.25, 0.3) is 0 Å². The van der Waals surface area contributed by atoms with Crippen molar-refractivity contribution in [2.24, 2.45) is 0 Å². The summed E-state index contributed by atoms with van der Waals surface area (Å²) in [7, 11) is 0. The highest BCUT2D eigenvalue weighted by Crippen LogP contribution is 2.29. The maximum Gasteiger partial charge on any atom is 0.441 e. The van der Waals surface area contributed by atoms with Crippen LogP contribution in [-0.4, -0.2) is 25.4 Å². The summed E-state index contributed by atoms with van der Waals surface area (Å²) in [5, 5.41) is 3.92. The molecule has 0 aliphatic heterocycles. The second-order valence-corrected chi connectivity index (χ2v) is 4.39. The van der Waals surface area contributed by atoms with Crippen molar-refractivity contribution in [1.82, 2.24) is 14.2 Å². The van der Waals surface area contributed by atoms with Crippen LogP contribution in [0, 0.1) is 0 Å². The molecule has 0 unspecified atom stereocenters. The average molecular weight is 263 g/mol. The van der Waals surface area contributed by atoms with Crippen molar-refractivity contribution in [3.05, 3.63) is 34.9 Å². The quantitative estimate of drug-likeness (QED) is 0.847. The highest BCUT2D eigenvalue weighted by molar-refractivity contribution is 8.00. The van der Waals surface area contributed by atoms with Crippen LogP contribution >= 0.6 is 11.8 Å². The minimum Gasteiger partial charge on any atom is -0.250 e. The van der Waals surface area contributed by atoms with Crippen LogP contribution in [0.3, 0.4) is 0 Å². The number of rotatable bonds is 3. The van der Waals surface area contributed by atoms with Gasteiger partial charge in [0.05, 0.1) is 6.54 Å². The Labute approximate surface area is 98.0 Å². The van der Waals surface area contributed by atoms with Crippen LogP contribution in [-0.2, 0) is 6.54 Å². The zero-order chi connectivity index (χ0) is 12.5. The molecule has 2 aromatic rings. The second-order valence-electron chi connectivity index (χ2n) is 3.23. The normalized spacial score (nSPS) is 12.2. The van der Waals surface area contributed by atoms with Gasteiger partial charge >= 0.3 is 11.2 Å². The van der Waals surface area contributed by atoms with Crippen LogP contribution in [0.5, 0.6) is 0 Å². The van der Waals surface area contributed by atoms with Crippen LogP contribution in [0.15, 0.2) is 29.2 Å². The first kappa shape index (κ1) is 12.0. The van der Waals surface area contributed by atoms with Crippen molar-refractivity contribution >= 4 is 17.4 Å². The van der Waals surface area contributed by atoms with Crippen LogP contribution in [0.2, 0.25) is 0 Å². The third-order valence-electron chi connectivity index (χ3n) is 2.06. The van der Waals surface area contributed by atoms with E-state index in [2.05, 4.69) is 5.10 Å². The van der Waals surface area contributed by atoms with E-state index in [1.807, 2.05) is 0 Å². The summed E-state index contributed by atoms with van der Waals surface area (Å²) in [6, 6.07) is 4.98. The van der Waals surface area contributed by atoms with E-state index in [4.69, 9.17) is 0 Å². The molecule has 0 saturated carbocycles. The first-order valence-electron chi connectivity index (χ1n) is 4.72. The van der Waals surface area contributed by atoms with Crippen molar-refractivity contribution in [3.63, 3.8) is 0 Å². The third kappa shape index (κ3) is 2.82. The molecule has 0 amide bonds. The Morgan fingerprint density at radius 3 is 2.76 bits per heavy atom. The van der Waals surface area contributed by atoms with Crippen molar-refractivity contribution in [2.45, 2.75) is 12.1 Å². The molecule has 2 aromatic heterocycles. The van der Waals surface area contributed by atoms with E-state index >= 15 is 0 Å². The van der Waals surface area contributed by atoms with Crippen LogP contribution in [0.1, 0.15) is 0 Å². The fourth-order valence-corrected chi connectivity index (χ4v) is 1.86. The molecule has 4 nitrogen and oxygen atoms in total. The van der Waals surface area contributed by atoms with E-state index in [-0.39, 0.29) is 24.1 Å². The van der Waals surface area contributed by atoms with Gasteiger partial charge in [-0.15, -0.1) is 5.10 Å². The summed E-state index contributed by atoms with van der Waals surface area (Å²) < 4.78 is 38.1. The van der Waals surface area contributed by atoms with E-state index in [0.29, 0.717) is 5.65 Å². The van der Waals surface area contributed by atoms with Gasteiger partial charge in [-0.3, -0.25) is 4.40 Å².